The van der Waals surface area contributed by atoms with Crippen LogP contribution >= 0.6 is 0 Å². The highest BCUT2D eigenvalue weighted by molar-refractivity contribution is 6.04. The molecule has 2 aromatic heterocycles. The molecule has 2 atom stereocenters. The molecule has 0 aliphatic carbocycles. The van der Waals surface area contributed by atoms with Crippen molar-refractivity contribution in [3.05, 3.63) is 106 Å². The molecule has 0 unspecified atom stereocenters. The number of anilines is 1. The number of benzene rings is 2. The lowest BCUT2D eigenvalue weighted by Gasteiger charge is -2.43. The molecule has 0 radical (unpaired) electrons. The summed E-state index contributed by atoms with van der Waals surface area (Å²) in [5.41, 5.74) is 2.12. The molecule has 7 heteroatoms. The number of carbonyl (C=O) groups is 2. The summed E-state index contributed by atoms with van der Waals surface area (Å²) in [6, 6.07) is 20.7. The number of piperidine rings is 1. The van der Waals surface area contributed by atoms with E-state index in [1.54, 1.807) is 35.2 Å². The van der Waals surface area contributed by atoms with Gasteiger partial charge >= 0.3 is 0 Å². The van der Waals surface area contributed by atoms with Crippen molar-refractivity contribution in [1.29, 1.82) is 0 Å². The molecule has 2 aromatic carbocycles. The van der Waals surface area contributed by atoms with Crippen LogP contribution in [0.15, 0.2) is 83.9 Å². The van der Waals surface area contributed by atoms with Crippen molar-refractivity contribution in [2.45, 2.75) is 18.9 Å². The zero-order chi connectivity index (χ0) is 23.9. The lowest BCUT2D eigenvalue weighted by Crippen LogP contribution is -2.49. The molecule has 174 valence electrons. The van der Waals surface area contributed by atoms with Gasteiger partial charge in [0.15, 0.2) is 0 Å². The molecule has 7 nitrogen and oxygen atoms in total. The topological polar surface area (TPSA) is 84.3 Å². The Hall–Kier alpha value is -4.26. The molecule has 0 saturated carbocycles. The Morgan fingerprint density at radius 2 is 1.66 bits per heavy atom. The third kappa shape index (κ3) is 3.89. The van der Waals surface area contributed by atoms with E-state index in [0.717, 1.165) is 22.9 Å². The maximum atomic E-state index is 13.4. The Bertz CT molecular complexity index is 1510. The van der Waals surface area contributed by atoms with Gasteiger partial charge in [0, 0.05) is 54.8 Å². The third-order valence-electron chi connectivity index (χ3n) is 7.08. The fraction of sp³-hybridized carbons (Fsp3) is 0.214. The van der Waals surface area contributed by atoms with Crippen LogP contribution < -0.4 is 10.9 Å². The number of nitrogens with one attached hydrogen (secondary N) is 1. The van der Waals surface area contributed by atoms with Crippen LogP contribution in [0.3, 0.4) is 0 Å². The summed E-state index contributed by atoms with van der Waals surface area (Å²) in [5, 5.41) is 4.90. The highest BCUT2D eigenvalue weighted by Crippen LogP contribution is 2.36. The molecule has 4 heterocycles. The van der Waals surface area contributed by atoms with Crippen molar-refractivity contribution < 1.29 is 9.59 Å². The van der Waals surface area contributed by atoms with E-state index >= 15 is 0 Å². The highest BCUT2D eigenvalue weighted by Gasteiger charge is 2.37. The van der Waals surface area contributed by atoms with Crippen molar-refractivity contribution in [2.75, 3.05) is 18.4 Å². The summed E-state index contributed by atoms with van der Waals surface area (Å²) >= 11 is 0. The van der Waals surface area contributed by atoms with Crippen LogP contribution in [0, 0.1) is 5.92 Å². The van der Waals surface area contributed by atoms with Gasteiger partial charge in [-0.25, -0.2) is 0 Å². The van der Waals surface area contributed by atoms with Crippen LogP contribution in [0.1, 0.15) is 38.7 Å². The quantitative estimate of drug-likeness (QED) is 0.498. The third-order valence-corrected chi connectivity index (χ3v) is 7.08. The lowest BCUT2D eigenvalue weighted by atomic mass is 9.83. The van der Waals surface area contributed by atoms with Gasteiger partial charge in [-0.2, -0.15) is 0 Å². The Balaban J connectivity index is 1.24. The van der Waals surface area contributed by atoms with E-state index in [2.05, 4.69) is 10.3 Å². The van der Waals surface area contributed by atoms with Crippen LogP contribution in [0.4, 0.5) is 5.69 Å². The number of carbonyl (C=O) groups excluding carboxylic acids is 2. The first-order valence-electron chi connectivity index (χ1n) is 11.8. The van der Waals surface area contributed by atoms with E-state index in [9.17, 15) is 14.4 Å². The molecular weight excluding hydrogens is 440 g/mol. The zero-order valence-corrected chi connectivity index (χ0v) is 19.1. The second-order valence-electron chi connectivity index (χ2n) is 9.35. The summed E-state index contributed by atoms with van der Waals surface area (Å²) in [4.78, 5) is 45.0. The van der Waals surface area contributed by atoms with Gasteiger partial charge in [-0.3, -0.25) is 19.4 Å². The predicted molar refractivity (Wildman–Crippen MR) is 134 cm³/mol. The summed E-state index contributed by atoms with van der Waals surface area (Å²) in [5.74, 6) is -0.0326. The summed E-state index contributed by atoms with van der Waals surface area (Å²) < 4.78 is 1.78. The molecule has 1 N–H and O–H groups in total. The van der Waals surface area contributed by atoms with Crippen molar-refractivity contribution in [3.8, 4) is 0 Å². The lowest BCUT2D eigenvalue weighted by molar-refractivity contribution is 0.0594. The Labute approximate surface area is 202 Å². The number of hydrogen-bond acceptors (Lipinski definition) is 4. The average molecular weight is 465 g/mol. The highest BCUT2D eigenvalue weighted by atomic mass is 16.2. The Kier molecular flexibility index (Phi) is 5.17. The van der Waals surface area contributed by atoms with Gasteiger partial charge in [0.1, 0.15) is 5.69 Å². The molecule has 2 amide bonds. The number of fused-ring (bicyclic) bond motifs is 5. The molecule has 1 fully saturated rings. The molecule has 0 spiro atoms. The maximum Gasteiger partial charge on any atom is 0.274 e. The molecule has 2 aliphatic heterocycles. The minimum Gasteiger partial charge on any atom is -0.338 e. The summed E-state index contributed by atoms with van der Waals surface area (Å²) in [7, 11) is 0. The number of amides is 2. The van der Waals surface area contributed by atoms with Gasteiger partial charge in [-0.15, -0.1) is 0 Å². The second kappa shape index (κ2) is 8.51. The van der Waals surface area contributed by atoms with Crippen molar-refractivity contribution in [1.82, 2.24) is 14.5 Å². The van der Waals surface area contributed by atoms with E-state index < -0.39 is 0 Å². The first kappa shape index (κ1) is 21.3. The van der Waals surface area contributed by atoms with Crippen LogP contribution in [-0.2, 0) is 6.54 Å². The minimum atomic E-state index is -0.340. The largest absolute Gasteiger partial charge is 0.338 e. The van der Waals surface area contributed by atoms with Gasteiger partial charge in [-0.05, 0) is 59.5 Å². The number of likely N-dealkylation sites (tertiary alicyclic amines) is 1. The van der Waals surface area contributed by atoms with Gasteiger partial charge in [0.05, 0.1) is 0 Å². The second-order valence-corrected chi connectivity index (χ2v) is 9.35. The molecule has 4 aromatic rings. The number of pyridine rings is 2. The first-order chi connectivity index (χ1) is 17.1. The van der Waals surface area contributed by atoms with Crippen LogP contribution in [0.5, 0.6) is 0 Å². The van der Waals surface area contributed by atoms with Gasteiger partial charge in [0.2, 0.25) is 0 Å². The van der Waals surface area contributed by atoms with Crippen molar-refractivity contribution >= 4 is 28.3 Å². The number of nitrogens with zero attached hydrogens (tertiary/aromatic N) is 3. The van der Waals surface area contributed by atoms with Gasteiger partial charge < -0.3 is 14.8 Å². The SMILES string of the molecule is O=C(Nc1ccc2n(c1=O)C[C@@H]1C[C@@H]2CN(C(=O)c2ccc3ccccc3c2)C1)c1ccncc1. The van der Waals surface area contributed by atoms with E-state index in [1.165, 1.54) is 0 Å². The molecule has 1 saturated heterocycles. The summed E-state index contributed by atoms with van der Waals surface area (Å²) in [6.45, 7) is 1.72. The fourth-order valence-corrected chi connectivity index (χ4v) is 5.41. The van der Waals surface area contributed by atoms with Crippen molar-refractivity contribution in [3.63, 3.8) is 0 Å². The molecule has 6 rings (SSSR count). The maximum absolute atomic E-state index is 13.4. The van der Waals surface area contributed by atoms with Crippen LogP contribution in [0.2, 0.25) is 0 Å². The van der Waals surface area contributed by atoms with Crippen molar-refractivity contribution in [2.24, 2.45) is 5.92 Å². The molecule has 2 aliphatic rings. The fourth-order valence-electron chi connectivity index (χ4n) is 5.41. The monoisotopic (exact) mass is 464 g/mol. The van der Waals surface area contributed by atoms with Crippen LogP contribution in [0.25, 0.3) is 10.8 Å². The molecular formula is C28H24N4O3. The van der Waals surface area contributed by atoms with Gasteiger partial charge in [0.25, 0.3) is 17.4 Å². The minimum absolute atomic E-state index is 0.0301. The average Bonchev–Trinajstić information content (AvgIpc) is 2.90. The van der Waals surface area contributed by atoms with Gasteiger partial charge in [-0.1, -0.05) is 30.3 Å². The predicted octanol–water partition coefficient (Wildman–Crippen LogP) is 3.91. The Morgan fingerprint density at radius 3 is 2.49 bits per heavy atom. The van der Waals surface area contributed by atoms with E-state index in [1.807, 2.05) is 53.4 Å². The summed E-state index contributed by atoms with van der Waals surface area (Å²) in [6.07, 6.45) is 4.03. The molecule has 2 bridgehead atoms. The normalized spacial score (nSPS) is 18.7. The molecule has 35 heavy (non-hydrogen) atoms. The van der Waals surface area contributed by atoms with Crippen LogP contribution in [-0.4, -0.2) is 39.4 Å². The first-order valence-corrected chi connectivity index (χ1v) is 11.8. The zero-order valence-electron chi connectivity index (χ0n) is 19.1. The van der Waals surface area contributed by atoms with E-state index in [-0.39, 0.29) is 34.9 Å². The number of rotatable bonds is 3. The van der Waals surface area contributed by atoms with E-state index in [4.69, 9.17) is 0 Å². The Morgan fingerprint density at radius 1 is 0.857 bits per heavy atom. The number of hydrogen-bond donors (Lipinski definition) is 1. The number of aromatic nitrogens is 2. The standard InChI is InChI=1S/C28H24N4O3/c33-26(20-9-11-29-12-10-20)30-24-7-8-25-23-13-18(16-32(25)28(24)35)15-31(17-23)27(34)22-6-5-19-3-1-2-4-21(19)14-22/h1-12,14,18,23H,13,15-17H2,(H,30,33)/t18-,23-/m1/s1. The van der Waals surface area contributed by atoms with E-state index in [0.29, 0.717) is 30.8 Å². The smallest absolute Gasteiger partial charge is 0.274 e.